The van der Waals surface area contributed by atoms with E-state index in [-0.39, 0.29) is 12.6 Å². The zero-order chi connectivity index (χ0) is 22.0. The Labute approximate surface area is 185 Å². The highest BCUT2D eigenvalue weighted by molar-refractivity contribution is 6.31. The lowest BCUT2D eigenvalue weighted by atomic mass is 9.98. The summed E-state index contributed by atoms with van der Waals surface area (Å²) in [4.78, 5) is 26.6. The van der Waals surface area contributed by atoms with E-state index in [0.717, 1.165) is 0 Å². The molecular weight excluding hydrogens is 429 g/mol. The number of esters is 1. The molecule has 8 heteroatoms. The Hall–Kier alpha value is -2.12. The molecule has 1 N–H and O–H groups in total. The van der Waals surface area contributed by atoms with Crippen LogP contribution < -0.4 is 4.90 Å². The van der Waals surface area contributed by atoms with Crippen LogP contribution in [0.3, 0.4) is 0 Å². The standard InChI is InChI=1S/C22H23Cl2NO5/c1-4-29-22(28)20-19(30-20)21(27)25(12(2)3)17-10-9-13(23)11-15(17)18(26)14-7-5-6-8-16(14)24/h5-12,18-20,26H,4H2,1-3H3/t18?,19-,20-/m0/s1. The number of epoxide rings is 1. The Morgan fingerprint density at radius 2 is 1.83 bits per heavy atom. The van der Waals surface area contributed by atoms with Crippen molar-refractivity contribution in [1.29, 1.82) is 0 Å². The highest BCUT2D eigenvalue weighted by Crippen LogP contribution is 2.38. The molecule has 3 rings (SSSR count). The predicted octanol–water partition coefficient (Wildman–Crippen LogP) is 4.15. The van der Waals surface area contributed by atoms with Gasteiger partial charge in [0.2, 0.25) is 0 Å². The van der Waals surface area contributed by atoms with Crippen LogP contribution in [0.4, 0.5) is 5.69 Å². The van der Waals surface area contributed by atoms with E-state index >= 15 is 0 Å². The summed E-state index contributed by atoms with van der Waals surface area (Å²) in [6.07, 6.45) is -2.95. The molecule has 0 spiro atoms. The monoisotopic (exact) mass is 451 g/mol. The number of hydrogen-bond donors (Lipinski definition) is 1. The van der Waals surface area contributed by atoms with Crippen LogP contribution in [0.1, 0.15) is 38.0 Å². The number of carbonyl (C=O) groups excluding carboxylic acids is 2. The summed E-state index contributed by atoms with van der Waals surface area (Å²) in [5, 5.41) is 11.9. The molecule has 0 aliphatic carbocycles. The molecule has 0 bridgehead atoms. The van der Waals surface area contributed by atoms with Gasteiger partial charge in [0.25, 0.3) is 5.91 Å². The molecule has 1 heterocycles. The van der Waals surface area contributed by atoms with E-state index in [1.165, 1.54) is 4.90 Å². The summed E-state index contributed by atoms with van der Waals surface area (Å²) < 4.78 is 10.2. The molecule has 0 radical (unpaired) electrons. The van der Waals surface area contributed by atoms with Crippen LogP contribution in [-0.4, -0.2) is 41.8 Å². The molecular formula is C22H23Cl2NO5. The molecule has 2 aromatic carbocycles. The van der Waals surface area contributed by atoms with Gasteiger partial charge in [-0.3, -0.25) is 4.79 Å². The van der Waals surface area contributed by atoms with Crippen molar-refractivity contribution in [3.05, 3.63) is 63.6 Å². The van der Waals surface area contributed by atoms with E-state index in [1.54, 1.807) is 49.4 Å². The summed E-state index contributed by atoms with van der Waals surface area (Å²) in [7, 11) is 0. The number of benzene rings is 2. The third-order valence-electron chi connectivity index (χ3n) is 4.75. The first kappa shape index (κ1) is 22.6. The first-order valence-electron chi connectivity index (χ1n) is 9.63. The van der Waals surface area contributed by atoms with Crippen LogP contribution in [0.5, 0.6) is 0 Å². The van der Waals surface area contributed by atoms with Gasteiger partial charge < -0.3 is 19.5 Å². The van der Waals surface area contributed by atoms with Crippen molar-refractivity contribution in [3.63, 3.8) is 0 Å². The van der Waals surface area contributed by atoms with Gasteiger partial charge in [-0.05, 0) is 45.0 Å². The molecule has 160 valence electrons. The number of ether oxygens (including phenoxy) is 2. The molecule has 1 unspecified atom stereocenters. The maximum atomic E-state index is 13.2. The van der Waals surface area contributed by atoms with E-state index in [4.69, 9.17) is 32.7 Å². The minimum Gasteiger partial charge on any atom is -0.464 e. The molecule has 1 fully saturated rings. The first-order chi connectivity index (χ1) is 14.3. The van der Waals surface area contributed by atoms with Crippen LogP contribution in [0.25, 0.3) is 0 Å². The maximum absolute atomic E-state index is 13.2. The molecule has 1 aliphatic rings. The Kier molecular flexibility index (Phi) is 7.03. The average molecular weight is 452 g/mol. The summed E-state index contributed by atoms with van der Waals surface area (Å²) in [5.41, 5.74) is 1.38. The minimum atomic E-state index is -1.11. The highest BCUT2D eigenvalue weighted by Gasteiger charge is 2.53. The van der Waals surface area contributed by atoms with Gasteiger partial charge in [0, 0.05) is 27.2 Å². The fourth-order valence-electron chi connectivity index (χ4n) is 3.32. The van der Waals surface area contributed by atoms with Crippen LogP contribution in [0, 0.1) is 0 Å². The second kappa shape index (κ2) is 9.35. The highest BCUT2D eigenvalue weighted by atomic mass is 35.5. The second-order valence-corrected chi connectivity index (χ2v) is 8.00. The summed E-state index contributed by atoms with van der Waals surface area (Å²) in [6, 6.07) is 11.5. The number of amides is 1. The lowest BCUT2D eigenvalue weighted by Gasteiger charge is -2.30. The smallest absolute Gasteiger partial charge is 0.338 e. The number of aliphatic hydroxyl groups is 1. The van der Waals surface area contributed by atoms with Gasteiger partial charge in [0.1, 0.15) is 6.10 Å². The van der Waals surface area contributed by atoms with Crippen LogP contribution in [0.15, 0.2) is 42.5 Å². The van der Waals surface area contributed by atoms with Crippen LogP contribution in [-0.2, 0) is 19.1 Å². The predicted molar refractivity (Wildman–Crippen MR) is 115 cm³/mol. The maximum Gasteiger partial charge on any atom is 0.338 e. The lowest BCUT2D eigenvalue weighted by molar-refractivity contribution is -0.144. The van der Waals surface area contributed by atoms with Crippen LogP contribution >= 0.6 is 23.2 Å². The Bertz CT molecular complexity index is 949. The van der Waals surface area contributed by atoms with Crippen molar-refractivity contribution in [2.45, 2.75) is 45.1 Å². The van der Waals surface area contributed by atoms with Crippen molar-refractivity contribution in [2.75, 3.05) is 11.5 Å². The molecule has 30 heavy (non-hydrogen) atoms. The Balaban J connectivity index is 1.97. The van der Waals surface area contributed by atoms with Gasteiger partial charge in [-0.25, -0.2) is 4.79 Å². The minimum absolute atomic E-state index is 0.207. The topological polar surface area (TPSA) is 79.4 Å². The quantitative estimate of drug-likeness (QED) is 0.505. The zero-order valence-corrected chi connectivity index (χ0v) is 18.4. The number of aliphatic hydroxyl groups excluding tert-OH is 1. The van der Waals surface area contributed by atoms with Crippen molar-refractivity contribution < 1.29 is 24.2 Å². The van der Waals surface area contributed by atoms with Crippen LogP contribution in [0.2, 0.25) is 10.0 Å². The van der Waals surface area contributed by atoms with Gasteiger partial charge in [-0.2, -0.15) is 0 Å². The SMILES string of the molecule is CCOC(=O)[C@H]1O[C@@H]1C(=O)N(c1ccc(Cl)cc1C(O)c1ccccc1Cl)C(C)C. The fraction of sp³-hybridized carbons (Fsp3) is 0.364. The van der Waals surface area contributed by atoms with E-state index < -0.39 is 30.2 Å². The van der Waals surface area contributed by atoms with Gasteiger partial charge in [-0.15, -0.1) is 0 Å². The molecule has 3 atom stereocenters. The zero-order valence-electron chi connectivity index (χ0n) is 16.8. The van der Waals surface area contributed by atoms with Crippen molar-refractivity contribution in [1.82, 2.24) is 0 Å². The van der Waals surface area contributed by atoms with Crippen molar-refractivity contribution in [2.24, 2.45) is 0 Å². The third kappa shape index (κ3) is 4.62. The van der Waals surface area contributed by atoms with Crippen molar-refractivity contribution in [3.8, 4) is 0 Å². The fourth-order valence-corrected chi connectivity index (χ4v) is 3.74. The average Bonchev–Trinajstić information content (AvgIpc) is 3.50. The molecule has 0 aromatic heterocycles. The number of halogens is 2. The summed E-state index contributed by atoms with van der Waals surface area (Å²) in [5.74, 6) is -0.954. The van der Waals surface area contributed by atoms with E-state index in [0.29, 0.717) is 26.9 Å². The number of nitrogens with zero attached hydrogens (tertiary/aromatic N) is 1. The number of carbonyl (C=O) groups is 2. The number of rotatable bonds is 7. The normalized spacial score (nSPS) is 18.8. The number of hydrogen-bond acceptors (Lipinski definition) is 5. The third-order valence-corrected chi connectivity index (χ3v) is 5.33. The van der Waals surface area contributed by atoms with Gasteiger partial charge in [0.05, 0.1) is 12.3 Å². The molecule has 0 saturated carbocycles. The largest absolute Gasteiger partial charge is 0.464 e. The lowest BCUT2D eigenvalue weighted by Crippen LogP contribution is -2.42. The molecule has 1 amide bonds. The second-order valence-electron chi connectivity index (χ2n) is 7.16. The number of anilines is 1. The Morgan fingerprint density at radius 1 is 1.13 bits per heavy atom. The van der Waals surface area contributed by atoms with E-state index in [9.17, 15) is 14.7 Å². The Morgan fingerprint density at radius 3 is 2.47 bits per heavy atom. The summed E-state index contributed by atoms with van der Waals surface area (Å²) >= 11 is 12.5. The van der Waals surface area contributed by atoms with Gasteiger partial charge in [0.15, 0.2) is 12.2 Å². The summed E-state index contributed by atoms with van der Waals surface area (Å²) in [6.45, 7) is 5.56. The first-order valence-corrected chi connectivity index (χ1v) is 10.4. The van der Waals surface area contributed by atoms with Crippen molar-refractivity contribution >= 4 is 40.8 Å². The molecule has 2 aromatic rings. The van der Waals surface area contributed by atoms with Gasteiger partial charge >= 0.3 is 5.97 Å². The van der Waals surface area contributed by atoms with E-state index in [1.807, 2.05) is 13.8 Å². The van der Waals surface area contributed by atoms with Gasteiger partial charge in [-0.1, -0.05) is 41.4 Å². The molecule has 6 nitrogen and oxygen atoms in total. The molecule has 1 aliphatic heterocycles. The van der Waals surface area contributed by atoms with E-state index in [2.05, 4.69) is 0 Å². The molecule has 1 saturated heterocycles.